The van der Waals surface area contributed by atoms with Crippen LogP contribution in [0.5, 0.6) is 5.75 Å². The Morgan fingerprint density at radius 2 is 1.75 bits per heavy atom. The summed E-state index contributed by atoms with van der Waals surface area (Å²) in [6.07, 6.45) is 0. The molecule has 104 valence electrons. The number of benzene rings is 2. The molecule has 0 unspecified atom stereocenters. The zero-order chi connectivity index (χ0) is 14.7. The molecule has 0 atom stereocenters. The number of halogens is 1. The number of carbonyl (C=O) groups is 1. The fourth-order valence-electron chi connectivity index (χ4n) is 2.40. The van der Waals surface area contributed by atoms with Gasteiger partial charge in [0.2, 0.25) is 5.78 Å². The normalized spacial score (nSPS) is 10.4. The minimum atomic E-state index is -0.0139. The van der Waals surface area contributed by atoms with Crippen molar-refractivity contribution in [1.82, 2.24) is 0 Å². The van der Waals surface area contributed by atoms with Crippen LogP contribution >= 0.6 is 11.6 Å². The number of ketones is 1. The molecule has 0 spiro atoms. The summed E-state index contributed by atoms with van der Waals surface area (Å²) in [7, 11) is 0. The number of hydrogen-bond donors (Lipinski definition) is 0. The van der Waals surface area contributed by atoms with Crippen LogP contribution in [-0.2, 0) is 0 Å². The lowest BCUT2D eigenvalue weighted by atomic mass is 9.97. The Morgan fingerprint density at radius 3 is 2.35 bits per heavy atom. The van der Waals surface area contributed by atoms with Crippen LogP contribution in [-0.4, -0.2) is 12.4 Å². The molecule has 0 N–H and O–H groups in total. The predicted octanol–water partition coefficient (Wildman–Crippen LogP) is 4.53. The standard InChI is InChI=1S/C17H17ClO2/c1-11-7-12(2)17(13(3)8-11)16(19)10-20-15-6-4-5-14(18)9-15/h4-9H,10H2,1-3H3. The first-order valence-electron chi connectivity index (χ1n) is 6.47. The molecule has 0 aromatic heterocycles. The number of hydrogen-bond acceptors (Lipinski definition) is 2. The molecular weight excluding hydrogens is 272 g/mol. The minimum Gasteiger partial charge on any atom is -0.485 e. The molecular formula is C17H17ClO2. The van der Waals surface area contributed by atoms with Crippen LogP contribution in [0.15, 0.2) is 36.4 Å². The van der Waals surface area contributed by atoms with Crippen molar-refractivity contribution in [3.05, 3.63) is 63.7 Å². The van der Waals surface area contributed by atoms with Crippen molar-refractivity contribution in [1.29, 1.82) is 0 Å². The summed E-state index contributed by atoms with van der Waals surface area (Å²) in [5.41, 5.74) is 3.88. The van der Waals surface area contributed by atoms with Crippen molar-refractivity contribution in [3.8, 4) is 5.75 Å². The third-order valence-corrected chi connectivity index (χ3v) is 3.36. The van der Waals surface area contributed by atoms with Crippen LogP contribution in [0.4, 0.5) is 0 Å². The van der Waals surface area contributed by atoms with Crippen molar-refractivity contribution in [3.63, 3.8) is 0 Å². The van der Waals surface area contributed by atoms with Crippen molar-refractivity contribution < 1.29 is 9.53 Å². The molecule has 2 aromatic rings. The Bertz CT molecular complexity index is 624. The van der Waals surface area contributed by atoms with Crippen molar-refractivity contribution in [2.75, 3.05) is 6.61 Å². The summed E-state index contributed by atoms with van der Waals surface area (Å²) < 4.78 is 5.51. The van der Waals surface area contributed by atoms with Crippen LogP contribution in [0.2, 0.25) is 5.02 Å². The number of aryl methyl sites for hydroxylation is 3. The Kier molecular flexibility index (Phi) is 4.46. The van der Waals surface area contributed by atoms with Gasteiger partial charge in [0, 0.05) is 10.6 Å². The fourth-order valence-corrected chi connectivity index (χ4v) is 2.58. The first kappa shape index (κ1) is 14.6. The summed E-state index contributed by atoms with van der Waals surface area (Å²) in [6.45, 7) is 5.95. The summed E-state index contributed by atoms with van der Waals surface area (Å²) >= 11 is 5.88. The number of rotatable bonds is 4. The highest BCUT2D eigenvalue weighted by Crippen LogP contribution is 2.20. The molecule has 2 rings (SSSR count). The molecule has 0 radical (unpaired) electrons. The van der Waals surface area contributed by atoms with E-state index in [4.69, 9.17) is 16.3 Å². The first-order valence-corrected chi connectivity index (χ1v) is 6.84. The van der Waals surface area contributed by atoms with Crippen LogP contribution < -0.4 is 4.74 Å². The molecule has 0 heterocycles. The Balaban J connectivity index is 2.13. The topological polar surface area (TPSA) is 26.3 Å². The van der Waals surface area contributed by atoms with E-state index >= 15 is 0 Å². The third-order valence-electron chi connectivity index (χ3n) is 3.12. The van der Waals surface area contributed by atoms with Gasteiger partial charge in [-0.3, -0.25) is 4.79 Å². The zero-order valence-corrected chi connectivity index (χ0v) is 12.6. The van der Waals surface area contributed by atoms with E-state index in [2.05, 4.69) is 0 Å². The zero-order valence-electron chi connectivity index (χ0n) is 11.9. The first-order chi connectivity index (χ1) is 9.47. The second-order valence-corrected chi connectivity index (χ2v) is 5.38. The van der Waals surface area contributed by atoms with E-state index in [1.807, 2.05) is 32.9 Å². The molecule has 3 heteroatoms. The molecule has 0 saturated heterocycles. The van der Waals surface area contributed by atoms with E-state index in [9.17, 15) is 4.79 Å². The van der Waals surface area contributed by atoms with Crippen LogP contribution in [0, 0.1) is 20.8 Å². The molecule has 0 aliphatic heterocycles. The molecule has 20 heavy (non-hydrogen) atoms. The van der Waals surface area contributed by atoms with Gasteiger partial charge in [-0.05, 0) is 50.1 Å². The maximum Gasteiger partial charge on any atom is 0.200 e. The fraction of sp³-hybridized carbons (Fsp3) is 0.235. The van der Waals surface area contributed by atoms with Gasteiger partial charge in [0.05, 0.1) is 0 Å². The van der Waals surface area contributed by atoms with Gasteiger partial charge in [0.25, 0.3) is 0 Å². The lowest BCUT2D eigenvalue weighted by Crippen LogP contribution is -2.14. The number of Topliss-reactive ketones (excluding diaryl/α,β-unsaturated/α-hetero) is 1. The molecule has 2 aromatic carbocycles. The molecule has 0 amide bonds. The number of ether oxygens (including phenoxy) is 1. The minimum absolute atomic E-state index is 0.0139. The highest BCUT2D eigenvalue weighted by molar-refractivity contribution is 6.30. The van der Waals surface area contributed by atoms with Crippen molar-refractivity contribution in [2.45, 2.75) is 20.8 Å². The lowest BCUT2D eigenvalue weighted by Gasteiger charge is -2.11. The Hall–Kier alpha value is -1.80. The van der Waals surface area contributed by atoms with Gasteiger partial charge in [0.1, 0.15) is 5.75 Å². The SMILES string of the molecule is Cc1cc(C)c(C(=O)COc2cccc(Cl)c2)c(C)c1. The summed E-state index contributed by atoms with van der Waals surface area (Å²) in [4.78, 5) is 12.3. The average molecular weight is 289 g/mol. The second kappa shape index (κ2) is 6.10. The summed E-state index contributed by atoms with van der Waals surface area (Å²) in [5.74, 6) is 0.591. The molecule has 0 saturated carbocycles. The van der Waals surface area contributed by atoms with Gasteiger partial charge in [-0.1, -0.05) is 35.4 Å². The molecule has 2 nitrogen and oxygen atoms in total. The molecule has 0 fully saturated rings. The maximum atomic E-state index is 12.3. The highest BCUT2D eigenvalue weighted by atomic mass is 35.5. The van der Waals surface area contributed by atoms with Crippen molar-refractivity contribution >= 4 is 17.4 Å². The van der Waals surface area contributed by atoms with Crippen LogP contribution in [0.3, 0.4) is 0 Å². The lowest BCUT2D eigenvalue weighted by molar-refractivity contribution is 0.0920. The van der Waals surface area contributed by atoms with E-state index in [1.165, 1.54) is 0 Å². The van der Waals surface area contributed by atoms with E-state index < -0.39 is 0 Å². The van der Waals surface area contributed by atoms with Gasteiger partial charge in [-0.2, -0.15) is 0 Å². The summed E-state index contributed by atoms with van der Waals surface area (Å²) in [5, 5.41) is 0.595. The smallest absolute Gasteiger partial charge is 0.200 e. The largest absolute Gasteiger partial charge is 0.485 e. The average Bonchev–Trinajstić information content (AvgIpc) is 2.35. The van der Waals surface area contributed by atoms with E-state index in [0.29, 0.717) is 10.8 Å². The van der Waals surface area contributed by atoms with Gasteiger partial charge in [-0.15, -0.1) is 0 Å². The Morgan fingerprint density at radius 1 is 1.10 bits per heavy atom. The van der Waals surface area contributed by atoms with Gasteiger partial charge in [0.15, 0.2) is 6.61 Å². The van der Waals surface area contributed by atoms with Gasteiger partial charge >= 0.3 is 0 Å². The second-order valence-electron chi connectivity index (χ2n) is 4.94. The van der Waals surface area contributed by atoms with Gasteiger partial charge in [-0.25, -0.2) is 0 Å². The maximum absolute atomic E-state index is 12.3. The third kappa shape index (κ3) is 3.40. The van der Waals surface area contributed by atoms with Gasteiger partial charge < -0.3 is 4.74 Å². The number of carbonyl (C=O) groups excluding carboxylic acids is 1. The monoisotopic (exact) mass is 288 g/mol. The van der Waals surface area contributed by atoms with Crippen molar-refractivity contribution in [2.24, 2.45) is 0 Å². The van der Waals surface area contributed by atoms with Crippen LogP contribution in [0.25, 0.3) is 0 Å². The Labute approximate surface area is 124 Å². The molecule has 0 aliphatic rings. The molecule has 0 aliphatic carbocycles. The van der Waals surface area contributed by atoms with E-state index in [-0.39, 0.29) is 12.4 Å². The van der Waals surface area contributed by atoms with Crippen LogP contribution in [0.1, 0.15) is 27.0 Å². The predicted molar refractivity (Wildman–Crippen MR) is 81.9 cm³/mol. The van der Waals surface area contributed by atoms with E-state index in [1.54, 1.807) is 24.3 Å². The van der Waals surface area contributed by atoms with E-state index in [0.717, 1.165) is 22.3 Å². The highest BCUT2D eigenvalue weighted by Gasteiger charge is 2.13. The molecule has 0 bridgehead atoms. The quantitative estimate of drug-likeness (QED) is 0.773. The summed E-state index contributed by atoms with van der Waals surface area (Å²) in [6, 6.07) is 11.1.